The molecule has 0 spiro atoms. The van der Waals surface area contributed by atoms with Gasteiger partial charge >= 0.3 is 35.6 Å². The van der Waals surface area contributed by atoms with Gasteiger partial charge in [-0.25, -0.2) is 0 Å². The van der Waals surface area contributed by atoms with Gasteiger partial charge in [-0.05, 0) is 75.6 Å². The Kier molecular flexibility index (Phi) is 23.5. The van der Waals surface area contributed by atoms with Gasteiger partial charge < -0.3 is 18.7 Å². The van der Waals surface area contributed by atoms with Gasteiger partial charge in [0, 0.05) is 0 Å². The summed E-state index contributed by atoms with van der Waals surface area (Å²) in [6.45, 7) is 44.1. The van der Waals surface area contributed by atoms with Gasteiger partial charge in [-0.1, -0.05) is 259 Å². The SMILES string of the molecule is C[Si](C)(C)N([Si](C)(C)C)P(=[N-])(c1ccccc1)c1ccccc1.C[Si](C)(C)N1CN([Si](C)(C)C)[P+]1(c1ccccc1)c1ccccc1.C[Si](C)(C)[N-][P+]([N-][Si](C)(C)C)(c1ccccc1)c1ccccc1.[Cl][Ti][Cl]. The second-order valence-corrected chi connectivity index (χ2v) is 66.6. The zero-order chi connectivity index (χ0) is 54.7. The Labute approximate surface area is 468 Å². The van der Waals surface area contributed by atoms with Gasteiger partial charge in [0.05, 0.1) is 10.6 Å². The predicted octanol–water partition coefficient (Wildman–Crippen LogP) is 17.3. The van der Waals surface area contributed by atoms with Crippen LogP contribution in [0.5, 0.6) is 0 Å². The zero-order valence-electron chi connectivity index (χ0n) is 47.3. The summed E-state index contributed by atoms with van der Waals surface area (Å²) in [6.07, 6.45) is 0. The van der Waals surface area contributed by atoms with E-state index in [0.717, 1.165) is 17.3 Å². The van der Waals surface area contributed by atoms with E-state index < -0.39 is 88.8 Å². The summed E-state index contributed by atoms with van der Waals surface area (Å²) < 4.78 is 19.4. The zero-order valence-corrected chi connectivity index (χ0v) is 59.1. The van der Waals surface area contributed by atoms with E-state index in [1.165, 1.54) is 21.2 Å². The van der Waals surface area contributed by atoms with Crippen LogP contribution in [-0.4, -0.2) is 68.8 Å². The van der Waals surface area contributed by atoms with E-state index in [-0.39, 0.29) is 0 Å². The van der Waals surface area contributed by atoms with Crippen LogP contribution >= 0.6 is 40.9 Å². The summed E-state index contributed by atoms with van der Waals surface area (Å²) in [5.41, 5.74) is 0. The molecular formula is C55H86Cl2N6P3Si6Ti-. The fourth-order valence-corrected chi connectivity index (χ4v) is 52.9. The summed E-state index contributed by atoms with van der Waals surface area (Å²) >= 11 is -0.556. The van der Waals surface area contributed by atoms with Crippen LogP contribution < -0.4 is 31.8 Å². The van der Waals surface area contributed by atoms with Crippen molar-refractivity contribution in [2.75, 3.05) is 6.67 Å². The van der Waals surface area contributed by atoms with Crippen LogP contribution in [0.3, 0.4) is 0 Å². The maximum atomic E-state index is 12.2. The van der Waals surface area contributed by atoms with E-state index in [4.69, 9.17) is 28.1 Å². The normalized spacial score (nSPS) is 14.8. The van der Waals surface area contributed by atoms with Crippen LogP contribution in [0.2, 0.25) is 118 Å². The molecule has 18 heteroatoms. The van der Waals surface area contributed by atoms with E-state index in [9.17, 15) is 5.16 Å². The third-order valence-corrected chi connectivity index (χ3v) is 47.7. The molecule has 6 nitrogen and oxygen atoms in total. The van der Waals surface area contributed by atoms with Gasteiger partial charge in [0.1, 0.15) is 33.7 Å². The Hall–Kier alpha value is -1.19. The Morgan fingerprint density at radius 2 is 0.699 bits per heavy atom. The number of benzene rings is 6. The number of rotatable bonds is 15. The van der Waals surface area contributed by atoms with Crippen LogP contribution in [0.1, 0.15) is 0 Å². The average Bonchev–Trinajstić information content (AvgIpc) is 3.28. The molecule has 6 aromatic rings. The van der Waals surface area contributed by atoms with Gasteiger partial charge in [-0.2, -0.15) is 8.67 Å². The molecule has 0 aliphatic carbocycles. The van der Waals surface area contributed by atoms with E-state index in [1.807, 2.05) is 36.4 Å². The minimum atomic E-state index is -2.57. The van der Waals surface area contributed by atoms with Crippen LogP contribution in [0, 0.1) is 0 Å². The van der Waals surface area contributed by atoms with Crippen LogP contribution in [0.15, 0.2) is 182 Å². The van der Waals surface area contributed by atoms with E-state index >= 15 is 0 Å². The van der Waals surface area contributed by atoms with Gasteiger partial charge in [0.2, 0.25) is 7.56 Å². The third-order valence-electron chi connectivity index (χ3n) is 11.7. The molecule has 0 unspecified atom stereocenters. The summed E-state index contributed by atoms with van der Waals surface area (Å²) in [7, 11) is -6.14. The predicted molar refractivity (Wildman–Crippen MR) is 349 cm³/mol. The maximum absolute atomic E-state index is 12.2. The van der Waals surface area contributed by atoms with Crippen LogP contribution in [0.25, 0.3) is 14.7 Å². The van der Waals surface area contributed by atoms with Crippen LogP contribution in [0.4, 0.5) is 0 Å². The second kappa shape index (κ2) is 26.6. The molecule has 394 valence electrons. The first kappa shape index (κ1) is 64.3. The van der Waals surface area contributed by atoms with Crippen molar-refractivity contribution in [2.24, 2.45) is 0 Å². The molecule has 1 fully saturated rings. The van der Waals surface area contributed by atoms with Crippen molar-refractivity contribution >= 4 is 122 Å². The minimum absolute atomic E-state index is 0.556. The molecule has 1 aliphatic rings. The Balaban J connectivity index is 0.000000231. The Bertz CT molecular complexity index is 2440. The van der Waals surface area contributed by atoms with Gasteiger partial charge in [0.15, 0.2) is 16.5 Å². The molecular weight excluding hydrogens is 1120 g/mol. The van der Waals surface area contributed by atoms with E-state index in [1.54, 1.807) is 0 Å². The summed E-state index contributed by atoms with van der Waals surface area (Å²) in [6, 6.07) is 64.6. The molecule has 1 heterocycles. The van der Waals surface area contributed by atoms with Crippen molar-refractivity contribution in [3.8, 4) is 0 Å². The summed E-state index contributed by atoms with van der Waals surface area (Å²) in [5, 5.41) is 19.9. The standard InChI is InChI=1S/C19H30N2PSi2.2C18H28N2PSi2.2ClH.Ti/c1-23(2,3)20-17-21(24(4,5)6)22(20,18-13-9-7-10-14-18)19-15-11-8-12-16-19;1-22(2,3)20(23(4,5)6)21(19,17-13-9-7-10-14-17)18-15-11-8-12-16-18;1-22(2,3)19-21(20-23(4,5)6,17-13-9-7-10-14-17)18-15-11-8-12-16-18;;;/h7-16H,17H2,1-6H3;2*7-16H,1-6H3;2*1H;/q+1;2*-1;;;+2/p-2. The molecule has 0 bridgehead atoms. The molecule has 0 saturated carbocycles. The first-order valence-corrected chi connectivity index (χ1v) is 55.4. The molecule has 0 atom stereocenters. The topological polar surface area (TPSA) is 60.2 Å². The molecule has 0 radical (unpaired) electrons. The molecule has 0 N–H and O–H groups in total. The summed E-state index contributed by atoms with van der Waals surface area (Å²) in [4.78, 5) is 0. The van der Waals surface area contributed by atoms with Crippen molar-refractivity contribution in [3.05, 3.63) is 197 Å². The average molecular weight is 1210 g/mol. The van der Waals surface area contributed by atoms with E-state index in [2.05, 4.69) is 276 Å². The monoisotopic (exact) mass is 1210 g/mol. The molecule has 73 heavy (non-hydrogen) atoms. The van der Waals surface area contributed by atoms with Crippen molar-refractivity contribution < 1.29 is 17.0 Å². The van der Waals surface area contributed by atoms with Gasteiger partial charge in [-0.15, -0.1) is 7.21 Å². The van der Waals surface area contributed by atoms with Crippen molar-refractivity contribution in [3.63, 3.8) is 0 Å². The van der Waals surface area contributed by atoms with Crippen molar-refractivity contribution in [2.45, 2.75) is 118 Å². The quantitative estimate of drug-likeness (QED) is 0.0760. The first-order chi connectivity index (χ1) is 33.8. The third kappa shape index (κ3) is 16.9. The van der Waals surface area contributed by atoms with Crippen molar-refractivity contribution in [1.29, 1.82) is 0 Å². The fourth-order valence-electron chi connectivity index (χ4n) is 9.71. The Morgan fingerprint density at radius 1 is 0.452 bits per heavy atom. The number of nitrogens with zero attached hydrogens (tertiary/aromatic N) is 6. The molecule has 0 amide bonds. The number of hydrogen-bond acceptors (Lipinski definition) is 2. The second-order valence-electron chi connectivity index (χ2n) is 24.4. The number of hydrogen-bond donors (Lipinski definition) is 0. The molecule has 6 aromatic carbocycles. The number of halogens is 2. The molecule has 1 aliphatic heterocycles. The molecule has 0 aromatic heterocycles. The van der Waals surface area contributed by atoms with Crippen molar-refractivity contribution in [1.82, 2.24) is 12.7 Å². The fraction of sp³-hybridized carbons (Fsp3) is 0.345. The molecule has 1 saturated heterocycles. The van der Waals surface area contributed by atoms with E-state index in [0.29, 0.717) is 0 Å². The first-order valence-electron chi connectivity index (χ1n) is 25.4. The summed E-state index contributed by atoms with van der Waals surface area (Å²) in [5.74, 6) is 0. The van der Waals surface area contributed by atoms with Crippen LogP contribution in [-0.2, 0) is 17.0 Å². The van der Waals surface area contributed by atoms with Gasteiger partial charge in [0.25, 0.3) is 0 Å². The Morgan fingerprint density at radius 3 is 0.932 bits per heavy atom. The molecule has 7 rings (SSSR count). The van der Waals surface area contributed by atoms with Gasteiger partial charge in [-0.3, -0.25) is 0 Å².